The monoisotopic (exact) mass is 470 g/mol. The highest BCUT2D eigenvalue weighted by Crippen LogP contribution is 2.45. The van der Waals surface area contributed by atoms with Gasteiger partial charge in [0.25, 0.3) is 11.8 Å². The van der Waals surface area contributed by atoms with Crippen LogP contribution in [0.3, 0.4) is 0 Å². The van der Waals surface area contributed by atoms with Crippen LogP contribution >= 0.6 is 23.1 Å². The smallest absolute Gasteiger partial charge is 0.287 e. The number of anilines is 1. The maximum atomic E-state index is 13.0. The van der Waals surface area contributed by atoms with Crippen LogP contribution in [0, 0.1) is 0 Å². The Morgan fingerprint density at radius 3 is 2.55 bits per heavy atom. The normalized spacial score (nSPS) is 22.2. The molecule has 0 saturated heterocycles. The Hall–Kier alpha value is -3.49. The Bertz CT molecular complexity index is 1380. The number of hydrogen-bond acceptors (Lipinski definition) is 6. The summed E-state index contributed by atoms with van der Waals surface area (Å²) in [5, 5.41) is 9.28. The summed E-state index contributed by atoms with van der Waals surface area (Å²) in [6.07, 6.45) is 0.717. The van der Waals surface area contributed by atoms with Crippen molar-refractivity contribution in [2.24, 2.45) is 10.1 Å². The number of amides is 2. The maximum absolute atomic E-state index is 13.0. The molecule has 6 rings (SSSR count). The van der Waals surface area contributed by atoms with Gasteiger partial charge in [-0.3, -0.25) is 9.59 Å². The van der Waals surface area contributed by atoms with Crippen LogP contribution in [0.15, 0.2) is 87.1 Å². The highest BCUT2D eigenvalue weighted by molar-refractivity contribution is 8.18. The summed E-state index contributed by atoms with van der Waals surface area (Å²) < 4.78 is 0. The summed E-state index contributed by atoms with van der Waals surface area (Å²) in [4.78, 5) is 33.5. The largest absolute Gasteiger partial charge is 0.311 e. The second-order valence-corrected chi connectivity index (χ2v) is 9.84. The molecule has 0 aliphatic carbocycles. The molecular formula is C25H18N4O2S2. The van der Waals surface area contributed by atoms with E-state index in [1.807, 2.05) is 71.1 Å². The Morgan fingerprint density at radius 2 is 1.76 bits per heavy atom. The predicted octanol–water partition coefficient (Wildman–Crippen LogP) is 4.92. The predicted molar refractivity (Wildman–Crippen MR) is 133 cm³/mol. The van der Waals surface area contributed by atoms with Crippen molar-refractivity contribution < 1.29 is 9.59 Å². The summed E-state index contributed by atoms with van der Waals surface area (Å²) >= 11 is 2.90. The van der Waals surface area contributed by atoms with Gasteiger partial charge in [0, 0.05) is 23.9 Å². The molecule has 162 valence electrons. The minimum atomic E-state index is -0.392. The number of aliphatic imine (C=N–C) groups is 1. The van der Waals surface area contributed by atoms with E-state index in [0.717, 1.165) is 27.4 Å². The molecule has 8 heteroatoms. The van der Waals surface area contributed by atoms with E-state index >= 15 is 0 Å². The molecular weight excluding hydrogens is 452 g/mol. The maximum Gasteiger partial charge on any atom is 0.287 e. The van der Waals surface area contributed by atoms with Gasteiger partial charge in [-0.25, -0.2) is 5.01 Å². The Kier molecular flexibility index (Phi) is 4.78. The average molecular weight is 471 g/mol. The molecule has 0 saturated carbocycles. The summed E-state index contributed by atoms with van der Waals surface area (Å²) in [7, 11) is 1.73. The van der Waals surface area contributed by atoms with Crippen molar-refractivity contribution in [3.8, 4) is 0 Å². The molecule has 2 aromatic carbocycles. The van der Waals surface area contributed by atoms with E-state index in [9.17, 15) is 9.59 Å². The number of benzene rings is 2. The first-order chi connectivity index (χ1) is 16.1. The lowest BCUT2D eigenvalue weighted by Crippen LogP contribution is -2.23. The first-order valence-electron chi connectivity index (χ1n) is 10.5. The number of thioether (sulfide) groups is 1. The molecule has 2 amide bonds. The van der Waals surface area contributed by atoms with Crippen LogP contribution in [-0.2, 0) is 9.59 Å². The van der Waals surface area contributed by atoms with Crippen molar-refractivity contribution in [2.45, 2.75) is 12.5 Å². The standard InChI is InChI=1S/C25H18N4O2S2/c1-28-18-11-6-5-10-16(18)21(24(28)31)22-23(30)26-25(33-22)29-19(20-12-7-13-32-20)14-17(27-29)15-8-3-2-4-9-15/h2-13,19H,14H2,1H3/b22-21+. The highest BCUT2D eigenvalue weighted by Gasteiger charge is 2.41. The van der Waals surface area contributed by atoms with Crippen molar-refractivity contribution in [2.75, 3.05) is 11.9 Å². The van der Waals surface area contributed by atoms with E-state index in [1.165, 1.54) is 11.8 Å². The van der Waals surface area contributed by atoms with Crippen LogP contribution in [0.4, 0.5) is 5.69 Å². The van der Waals surface area contributed by atoms with Gasteiger partial charge in [-0.2, -0.15) is 10.1 Å². The SMILES string of the molecule is CN1C(=O)/C(=C2/SC(N3N=C(c4ccccc4)CC3c3cccs3)=NC2=O)c2ccccc21. The van der Waals surface area contributed by atoms with Gasteiger partial charge in [0.15, 0.2) is 5.17 Å². The van der Waals surface area contributed by atoms with E-state index in [1.54, 1.807) is 23.3 Å². The van der Waals surface area contributed by atoms with E-state index in [4.69, 9.17) is 5.10 Å². The lowest BCUT2D eigenvalue weighted by atomic mass is 10.0. The summed E-state index contributed by atoms with van der Waals surface area (Å²) in [6, 6.07) is 21.6. The molecule has 3 aliphatic rings. The molecule has 3 aliphatic heterocycles. The van der Waals surface area contributed by atoms with Gasteiger partial charge in [0.05, 0.1) is 27.9 Å². The molecule has 0 bridgehead atoms. The molecule has 6 nitrogen and oxygen atoms in total. The molecule has 3 aromatic rings. The van der Waals surface area contributed by atoms with E-state index in [-0.39, 0.29) is 11.9 Å². The minimum absolute atomic E-state index is 0.0437. The number of carbonyl (C=O) groups excluding carboxylic acids is 2. The number of para-hydroxylation sites is 1. The van der Waals surface area contributed by atoms with Gasteiger partial charge in [0.2, 0.25) is 0 Å². The highest BCUT2D eigenvalue weighted by atomic mass is 32.2. The molecule has 4 heterocycles. The topological polar surface area (TPSA) is 65.3 Å². The number of hydrazone groups is 1. The number of fused-ring (bicyclic) bond motifs is 1. The van der Waals surface area contributed by atoms with Gasteiger partial charge < -0.3 is 4.90 Å². The molecule has 1 atom stereocenters. The lowest BCUT2D eigenvalue weighted by molar-refractivity contribution is -0.115. The Morgan fingerprint density at radius 1 is 0.970 bits per heavy atom. The fraction of sp³-hybridized carbons (Fsp3) is 0.120. The number of nitrogens with zero attached hydrogens (tertiary/aromatic N) is 4. The first kappa shape index (κ1) is 20.1. The first-order valence-corrected chi connectivity index (χ1v) is 12.2. The van der Waals surface area contributed by atoms with Crippen LogP contribution in [0.1, 0.15) is 28.5 Å². The van der Waals surface area contributed by atoms with Crippen LogP contribution < -0.4 is 4.90 Å². The summed E-state index contributed by atoms with van der Waals surface area (Å²) in [6.45, 7) is 0. The molecule has 0 N–H and O–H groups in total. The molecule has 0 spiro atoms. The second-order valence-electron chi connectivity index (χ2n) is 7.88. The molecule has 0 fully saturated rings. The van der Waals surface area contributed by atoms with Gasteiger partial charge in [-0.1, -0.05) is 54.6 Å². The Balaban J connectivity index is 1.40. The second kappa shape index (κ2) is 7.83. The van der Waals surface area contributed by atoms with Crippen molar-refractivity contribution in [1.82, 2.24) is 5.01 Å². The average Bonchev–Trinajstić information content (AvgIpc) is 3.62. The van der Waals surface area contributed by atoms with Crippen LogP contribution in [-0.4, -0.2) is 34.8 Å². The number of carbonyl (C=O) groups is 2. The van der Waals surface area contributed by atoms with Gasteiger partial charge >= 0.3 is 0 Å². The van der Waals surface area contributed by atoms with E-state index in [2.05, 4.69) is 11.1 Å². The fourth-order valence-electron chi connectivity index (χ4n) is 4.34. The quantitative estimate of drug-likeness (QED) is 0.499. The number of likely N-dealkylation sites (N-methyl/N-ethyl adjacent to an activating group) is 1. The molecule has 0 radical (unpaired) electrons. The third-order valence-corrected chi connectivity index (χ3v) is 7.97. The number of hydrogen-bond donors (Lipinski definition) is 0. The van der Waals surface area contributed by atoms with E-state index < -0.39 is 5.91 Å². The van der Waals surface area contributed by atoms with Gasteiger partial charge in [-0.05, 0) is 34.8 Å². The molecule has 1 aromatic heterocycles. The van der Waals surface area contributed by atoms with Crippen molar-refractivity contribution in [3.63, 3.8) is 0 Å². The zero-order chi connectivity index (χ0) is 22.5. The van der Waals surface area contributed by atoms with Crippen LogP contribution in [0.25, 0.3) is 5.57 Å². The minimum Gasteiger partial charge on any atom is -0.311 e. The number of amidine groups is 1. The summed E-state index contributed by atoms with van der Waals surface area (Å²) in [5.41, 5.74) is 3.99. The lowest BCUT2D eigenvalue weighted by Gasteiger charge is -2.21. The third kappa shape index (κ3) is 3.25. The van der Waals surface area contributed by atoms with Crippen LogP contribution in [0.2, 0.25) is 0 Å². The van der Waals surface area contributed by atoms with Gasteiger partial charge in [-0.15, -0.1) is 11.3 Å². The van der Waals surface area contributed by atoms with E-state index in [0.29, 0.717) is 22.1 Å². The Labute approximate surface area is 198 Å². The van der Waals surface area contributed by atoms with Crippen molar-refractivity contribution >= 4 is 57.1 Å². The summed E-state index contributed by atoms with van der Waals surface area (Å²) in [5.74, 6) is -0.579. The van der Waals surface area contributed by atoms with Gasteiger partial charge in [0.1, 0.15) is 0 Å². The molecule has 33 heavy (non-hydrogen) atoms. The molecule has 1 unspecified atom stereocenters. The van der Waals surface area contributed by atoms with Crippen LogP contribution in [0.5, 0.6) is 0 Å². The number of rotatable bonds is 2. The number of thiophene rings is 1. The zero-order valence-electron chi connectivity index (χ0n) is 17.6. The van der Waals surface area contributed by atoms with Crippen molar-refractivity contribution in [3.05, 3.63) is 93.0 Å². The third-order valence-electron chi connectivity index (χ3n) is 5.95. The zero-order valence-corrected chi connectivity index (χ0v) is 19.3. The van der Waals surface area contributed by atoms with Crippen molar-refractivity contribution in [1.29, 1.82) is 0 Å². The fourth-order valence-corrected chi connectivity index (χ4v) is 6.15.